The van der Waals surface area contributed by atoms with Crippen molar-refractivity contribution in [1.82, 2.24) is 0 Å². The van der Waals surface area contributed by atoms with E-state index in [0.29, 0.717) is 37.0 Å². The molecule has 5 nitrogen and oxygen atoms in total. The maximum Gasteiger partial charge on any atom is 0.270 e. The van der Waals surface area contributed by atoms with E-state index in [4.69, 9.17) is 33.3 Å². The van der Waals surface area contributed by atoms with Gasteiger partial charge in [-0.2, -0.15) is 5.26 Å². The standard InChI is InChI=1S/C25H16ClIN2O3S2/c1-31-21-10-15(9-20(27)23(21)32-14-17-6-3-2-5-16(17)13-28)11-22-24(30)29(25(33)34-22)19-8-4-7-18(26)12-19/h2-12H,14H2,1H3/b22-11-. The van der Waals surface area contributed by atoms with E-state index in [1.165, 1.54) is 16.7 Å². The van der Waals surface area contributed by atoms with Gasteiger partial charge >= 0.3 is 0 Å². The summed E-state index contributed by atoms with van der Waals surface area (Å²) in [6.45, 7) is 0.230. The van der Waals surface area contributed by atoms with Gasteiger partial charge in [0.2, 0.25) is 0 Å². The lowest BCUT2D eigenvalue weighted by Crippen LogP contribution is -2.27. The van der Waals surface area contributed by atoms with Gasteiger partial charge in [0.25, 0.3) is 5.91 Å². The fourth-order valence-corrected chi connectivity index (χ4v) is 5.59. The molecule has 0 spiro atoms. The van der Waals surface area contributed by atoms with Crippen LogP contribution in [0.5, 0.6) is 11.5 Å². The lowest BCUT2D eigenvalue weighted by atomic mass is 10.1. The Morgan fingerprint density at radius 3 is 2.74 bits per heavy atom. The van der Waals surface area contributed by atoms with Crippen molar-refractivity contribution in [2.24, 2.45) is 0 Å². The number of ether oxygens (including phenoxy) is 2. The Morgan fingerprint density at radius 2 is 2.00 bits per heavy atom. The van der Waals surface area contributed by atoms with Crippen LogP contribution in [0, 0.1) is 14.9 Å². The van der Waals surface area contributed by atoms with Crippen molar-refractivity contribution in [3.8, 4) is 17.6 Å². The number of thiocarbonyl (C=S) groups is 1. The Kier molecular flexibility index (Phi) is 7.78. The SMILES string of the molecule is COc1cc(/C=C2\SC(=S)N(c3cccc(Cl)c3)C2=O)cc(I)c1OCc1ccccc1C#N. The van der Waals surface area contributed by atoms with Crippen LogP contribution in [0.2, 0.25) is 5.02 Å². The van der Waals surface area contributed by atoms with E-state index in [-0.39, 0.29) is 12.5 Å². The van der Waals surface area contributed by atoms with E-state index in [9.17, 15) is 10.1 Å². The third-order valence-corrected chi connectivity index (χ3v) is 7.26. The highest BCUT2D eigenvalue weighted by atomic mass is 127. The maximum absolute atomic E-state index is 13.1. The molecule has 1 aliphatic heterocycles. The largest absolute Gasteiger partial charge is 0.493 e. The van der Waals surface area contributed by atoms with Gasteiger partial charge in [-0.15, -0.1) is 0 Å². The molecule has 0 aromatic heterocycles. The van der Waals surface area contributed by atoms with E-state index in [1.54, 1.807) is 49.6 Å². The molecule has 0 bridgehead atoms. The lowest BCUT2D eigenvalue weighted by Gasteiger charge is -2.15. The smallest absolute Gasteiger partial charge is 0.270 e. The normalized spacial score (nSPS) is 14.4. The first kappa shape index (κ1) is 24.5. The molecular formula is C25H16ClIN2O3S2. The van der Waals surface area contributed by atoms with Crippen LogP contribution in [0.3, 0.4) is 0 Å². The topological polar surface area (TPSA) is 62.6 Å². The fraction of sp³-hybridized carbons (Fsp3) is 0.0800. The van der Waals surface area contributed by atoms with E-state index in [0.717, 1.165) is 14.7 Å². The number of methoxy groups -OCH3 is 1. The molecule has 1 saturated heterocycles. The monoisotopic (exact) mass is 618 g/mol. The van der Waals surface area contributed by atoms with Crippen LogP contribution in [0.15, 0.2) is 65.6 Å². The minimum Gasteiger partial charge on any atom is -0.493 e. The fourth-order valence-electron chi connectivity index (χ4n) is 3.33. The van der Waals surface area contributed by atoms with Crippen molar-refractivity contribution >= 4 is 80.2 Å². The third-order valence-electron chi connectivity index (χ3n) is 4.92. The van der Waals surface area contributed by atoms with Crippen LogP contribution in [0.25, 0.3) is 6.08 Å². The first-order chi connectivity index (χ1) is 16.4. The first-order valence-corrected chi connectivity index (χ1v) is 12.6. The van der Waals surface area contributed by atoms with Gasteiger partial charge in [0.05, 0.1) is 32.9 Å². The Hall–Kier alpha value is -2.58. The molecule has 0 atom stereocenters. The molecule has 0 unspecified atom stereocenters. The highest BCUT2D eigenvalue weighted by molar-refractivity contribution is 14.1. The number of benzene rings is 3. The first-order valence-electron chi connectivity index (χ1n) is 9.93. The summed E-state index contributed by atoms with van der Waals surface area (Å²) in [4.78, 5) is 15.1. The molecule has 3 aromatic rings. The second kappa shape index (κ2) is 10.8. The summed E-state index contributed by atoms with van der Waals surface area (Å²) in [5.41, 5.74) is 2.76. The van der Waals surface area contributed by atoms with E-state index >= 15 is 0 Å². The Balaban J connectivity index is 1.60. The highest BCUT2D eigenvalue weighted by Crippen LogP contribution is 2.39. The van der Waals surface area contributed by atoms with Gasteiger partial charge in [-0.05, 0) is 70.6 Å². The van der Waals surface area contributed by atoms with Crippen LogP contribution in [-0.2, 0) is 11.4 Å². The van der Waals surface area contributed by atoms with Gasteiger partial charge < -0.3 is 9.47 Å². The average molecular weight is 619 g/mol. The number of rotatable bonds is 6. The second-order valence-electron chi connectivity index (χ2n) is 7.09. The summed E-state index contributed by atoms with van der Waals surface area (Å²) in [7, 11) is 1.56. The molecule has 1 heterocycles. The van der Waals surface area contributed by atoms with Crippen LogP contribution in [-0.4, -0.2) is 17.3 Å². The van der Waals surface area contributed by atoms with Crippen LogP contribution in [0.4, 0.5) is 5.69 Å². The van der Waals surface area contributed by atoms with Gasteiger partial charge in [0.1, 0.15) is 6.61 Å². The molecule has 9 heteroatoms. The number of hydrogen-bond acceptors (Lipinski definition) is 6. The summed E-state index contributed by atoms with van der Waals surface area (Å²) in [6, 6.07) is 20.2. The molecule has 0 saturated carbocycles. The number of carbonyl (C=O) groups excluding carboxylic acids is 1. The number of thioether (sulfide) groups is 1. The molecule has 1 aliphatic rings. The average Bonchev–Trinajstić information content (AvgIpc) is 3.10. The quantitative estimate of drug-likeness (QED) is 0.172. The van der Waals surface area contributed by atoms with Gasteiger partial charge in [-0.3, -0.25) is 9.69 Å². The van der Waals surface area contributed by atoms with Crippen LogP contribution >= 0.6 is 58.2 Å². The number of halogens is 2. The van der Waals surface area contributed by atoms with E-state index in [1.807, 2.05) is 24.3 Å². The number of anilines is 1. The zero-order valence-electron chi connectivity index (χ0n) is 17.7. The van der Waals surface area contributed by atoms with E-state index < -0.39 is 0 Å². The molecule has 3 aromatic carbocycles. The predicted octanol–water partition coefficient (Wildman–Crippen LogP) is 6.81. The summed E-state index contributed by atoms with van der Waals surface area (Å²) >= 11 is 14.9. The maximum atomic E-state index is 13.1. The molecule has 0 aliphatic carbocycles. The van der Waals surface area contributed by atoms with Crippen molar-refractivity contribution < 1.29 is 14.3 Å². The Morgan fingerprint density at radius 1 is 1.21 bits per heavy atom. The zero-order valence-corrected chi connectivity index (χ0v) is 22.3. The van der Waals surface area contributed by atoms with Gasteiger partial charge in [-0.25, -0.2) is 0 Å². The third kappa shape index (κ3) is 5.23. The van der Waals surface area contributed by atoms with Gasteiger partial charge in [-0.1, -0.05) is 59.8 Å². The Labute approximate surface area is 225 Å². The highest BCUT2D eigenvalue weighted by Gasteiger charge is 2.33. The molecule has 1 amide bonds. The molecule has 34 heavy (non-hydrogen) atoms. The molecular weight excluding hydrogens is 603 g/mol. The lowest BCUT2D eigenvalue weighted by molar-refractivity contribution is -0.113. The molecule has 0 N–H and O–H groups in total. The minimum absolute atomic E-state index is 0.209. The van der Waals surface area contributed by atoms with Crippen LogP contribution in [0.1, 0.15) is 16.7 Å². The zero-order chi connectivity index (χ0) is 24.2. The second-order valence-corrected chi connectivity index (χ2v) is 10.4. The molecule has 1 fully saturated rings. The van der Waals surface area contributed by atoms with Gasteiger partial charge in [0.15, 0.2) is 15.8 Å². The van der Waals surface area contributed by atoms with Crippen LogP contribution < -0.4 is 14.4 Å². The Bertz CT molecular complexity index is 1370. The summed E-state index contributed by atoms with van der Waals surface area (Å²) < 4.78 is 12.8. The summed E-state index contributed by atoms with van der Waals surface area (Å²) in [5.74, 6) is 0.886. The summed E-state index contributed by atoms with van der Waals surface area (Å²) in [5, 5.41) is 9.83. The summed E-state index contributed by atoms with van der Waals surface area (Å²) in [6.07, 6.45) is 1.78. The number of amides is 1. The minimum atomic E-state index is -0.209. The van der Waals surface area contributed by atoms with Crippen molar-refractivity contribution in [1.29, 1.82) is 5.26 Å². The molecule has 0 radical (unpaired) electrons. The van der Waals surface area contributed by atoms with Crippen molar-refractivity contribution in [2.75, 3.05) is 12.0 Å². The number of nitriles is 1. The van der Waals surface area contributed by atoms with Gasteiger partial charge in [0, 0.05) is 10.6 Å². The number of carbonyl (C=O) groups is 1. The van der Waals surface area contributed by atoms with Crippen molar-refractivity contribution in [3.63, 3.8) is 0 Å². The predicted molar refractivity (Wildman–Crippen MR) is 148 cm³/mol. The van der Waals surface area contributed by atoms with Crippen molar-refractivity contribution in [2.45, 2.75) is 6.61 Å². The van der Waals surface area contributed by atoms with E-state index in [2.05, 4.69) is 28.7 Å². The molecule has 170 valence electrons. The number of hydrogen-bond donors (Lipinski definition) is 0. The molecule has 4 rings (SSSR count). The number of nitrogens with zero attached hydrogens (tertiary/aromatic N) is 2. The van der Waals surface area contributed by atoms with Crippen molar-refractivity contribution in [3.05, 3.63) is 90.9 Å².